The maximum absolute atomic E-state index is 13.0. The SMILES string of the molecule is O=C1C(=O)N(Cc2ccncc2)C(c2ccccn2)/C1=C(/O)c1ccc2c(c1)OCO2. The molecule has 8 nitrogen and oxygen atoms in total. The predicted molar refractivity (Wildman–Crippen MR) is 109 cm³/mol. The number of fused-ring (bicyclic) bond motifs is 1. The number of hydrogen-bond acceptors (Lipinski definition) is 7. The van der Waals surface area contributed by atoms with Gasteiger partial charge in [-0.1, -0.05) is 6.07 Å². The highest BCUT2D eigenvalue weighted by molar-refractivity contribution is 6.46. The third kappa shape index (κ3) is 3.28. The van der Waals surface area contributed by atoms with E-state index in [1.165, 1.54) is 4.90 Å². The molecule has 1 aromatic carbocycles. The van der Waals surface area contributed by atoms with E-state index in [9.17, 15) is 14.7 Å². The molecule has 0 aliphatic carbocycles. The van der Waals surface area contributed by atoms with Gasteiger partial charge in [-0.25, -0.2) is 0 Å². The van der Waals surface area contributed by atoms with Crippen LogP contribution in [0.1, 0.15) is 22.9 Å². The number of amides is 1. The predicted octanol–water partition coefficient (Wildman–Crippen LogP) is 2.83. The minimum Gasteiger partial charge on any atom is -0.507 e. The monoisotopic (exact) mass is 415 g/mol. The summed E-state index contributed by atoms with van der Waals surface area (Å²) in [5.41, 5.74) is 1.63. The number of aromatic nitrogens is 2. The Kier molecular flexibility index (Phi) is 4.59. The number of likely N-dealkylation sites (tertiary alicyclic amines) is 1. The molecule has 8 heteroatoms. The van der Waals surface area contributed by atoms with Crippen LogP contribution in [0, 0.1) is 0 Å². The van der Waals surface area contributed by atoms with Crippen LogP contribution >= 0.6 is 0 Å². The Hall–Kier alpha value is -4.20. The van der Waals surface area contributed by atoms with Crippen LogP contribution in [-0.2, 0) is 16.1 Å². The molecule has 1 unspecified atom stereocenters. The van der Waals surface area contributed by atoms with Crippen LogP contribution in [-0.4, -0.2) is 38.5 Å². The van der Waals surface area contributed by atoms with Crippen molar-refractivity contribution < 1.29 is 24.2 Å². The average Bonchev–Trinajstić information content (AvgIpc) is 3.38. The lowest BCUT2D eigenvalue weighted by Gasteiger charge is -2.24. The molecule has 5 rings (SSSR count). The van der Waals surface area contributed by atoms with Gasteiger partial charge in [0.1, 0.15) is 11.8 Å². The summed E-state index contributed by atoms with van der Waals surface area (Å²) in [7, 11) is 0. The summed E-state index contributed by atoms with van der Waals surface area (Å²) in [6.45, 7) is 0.260. The molecule has 0 radical (unpaired) electrons. The molecule has 2 aliphatic heterocycles. The van der Waals surface area contributed by atoms with Crippen LogP contribution in [0.15, 0.2) is 72.7 Å². The third-order valence-corrected chi connectivity index (χ3v) is 5.26. The summed E-state index contributed by atoms with van der Waals surface area (Å²) in [6, 6.07) is 12.8. The Balaban J connectivity index is 1.63. The number of carbonyl (C=O) groups is 2. The van der Waals surface area contributed by atoms with Gasteiger partial charge in [-0.2, -0.15) is 0 Å². The normalized spacial score (nSPS) is 19.1. The highest BCUT2D eigenvalue weighted by Gasteiger charge is 2.46. The van der Waals surface area contributed by atoms with Gasteiger partial charge >= 0.3 is 0 Å². The van der Waals surface area contributed by atoms with Crippen molar-refractivity contribution >= 4 is 17.4 Å². The van der Waals surface area contributed by atoms with Crippen LogP contribution in [0.3, 0.4) is 0 Å². The summed E-state index contributed by atoms with van der Waals surface area (Å²) < 4.78 is 10.7. The van der Waals surface area contributed by atoms with Gasteiger partial charge in [-0.3, -0.25) is 19.6 Å². The maximum atomic E-state index is 13.0. The summed E-state index contributed by atoms with van der Waals surface area (Å²) in [4.78, 5) is 35.8. The first kappa shape index (κ1) is 18.8. The van der Waals surface area contributed by atoms with E-state index in [4.69, 9.17) is 9.47 Å². The maximum Gasteiger partial charge on any atom is 0.296 e. The number of carbonyl (C=O) groups excluding carboxylic acids is 2. The van der Waals surface area contributed by atoms with Crippen LogP contribution in [0.5, 0.6) is 11.5 Å². The fourth-order valence-corrected chi connectivity index (χ4v) is 3.77. The van der Waals surface area contributed by atoms with E-state index in [1.807, 2.05) is 0 Å². The Labute approximate surface area is 177 Å². The van der Waals surface area contributed by atoms with Gasteiger partial charge in [0.05, 0.1) is 11.3 Å². The lowest BCUT2D eigenvalue weighted by molar-refractivity contribution is -0.140. The molecule has 31 heavy (non-hydrogen) atoms. The van der Waals surface area contributed by atoms with Gasteiger partial charge < -0.3 is 19.5 Å². The zero-order valence-corrected chi connectivity index (χ0v) is 16.3. The molecule has 0 spiro atoms. The number of ketones is 1. The van der Waals surface area contributed by atoms with Crippen molar-refractivity contribution in [3.05, 3.63) is 89.5 Å². The van der Waals surface area contributed by atoms with Crippen molar-refractivity contribution in [2.75, 3.05) is 6.79 Å². The summed E-state index contributed by atoms with van der Waals surface area (Å²) >= 11 is 0. The number of aliphatic hydroxyl groups excluding tert-OH is 1. The zero-order valence-electron chi connectivity index (χ0n) is 16.3. The number of nitrogens with zero attached hydrogens (tertiary/aromatic N) is 3. The first-order valence-corrected chi connectivity index (χ1v) is 9.62. The van der Waals surface area contributed by atoms with E-state index in [0.717, 1.165) is 5.56 Å². The molecule has 1 N–H and O–H groups in total. The minimum absolute atomic E-state index is 0.0170. The fraction of sp³-hybridized carbons (Fsp3) is 0.130. The van der Waals surface area contributed by atoms with Crippen LogP contribution in [0.4, 0.5) is 0 Å². The summed E-state index contributed by atoms with van der Waals surface area (Å²) in [5, 5.41) is 11.1. The van der Waals surface area contributed by atoms with E-state index in [-0.39, 0.29) is 24.7 Å². The second-order valence-electron chi connectivity index (χ2n) is 7.11. The molecule has 0 saturated carbocycles. The topological polar surface area (TPSA) is 102 Å². The summed E-state index contributed by atoms with van der Waals surface area (Å²) in [6.07, 6.45) is 4.82. The first-order chi connectivity index (χ1) is 15.1. The van der Waals surface area contributed by atoms with Gasteiger partial charge in [0, 0.05) is 30.7 Å². The van der Waals surface area contributed by atoms with Crippen molar-refractivity contribution in [2.45, 2.75) is 12.6 Å². The average molecular weight is 415 g/mol. The van der Waals surface area contributed by atoms with Gasteiger partial charge in [-0.05, 0) is 48.0 Å². The molecule has 1 atom stereocenters. The van der Waals surface area contributed by atoms with Gasteiger partial charge in [0.25, 0.3) is 11.7 Å². The molecular formula is C23H17N3O5. The molecule has 154 valence electrons. The zero-order chi connectivity index (χ0) is 21.4. The molecule has 2 aromatic heterocycles. The number of ether oxygens (including phenoxy) is 2. The smallest absolute Gasteiger partial charge is 0.296 e. The molecule has 3 aromatic rings. The highest BCUT2D eigenvalue weighted by atomic mass is 16.7. The molecular weight excluding hydrogens is 398 g/mol. The van der Waals surface area contributed by atoms with Crippen molar-refractivity contribution in [1.82, 2.24) is 14.9 Å². The molecule has 2 aliphatic rings. The van der Waals surface area contributed by atoms with Crippen molar-refractivity contribution in [1.29, 1.82) is 0 Å². The molecule has 1 fully saturated rings. The lowest BCUT2D eigenvalue weighted by Crippen LogP contribution is -2.29. The highest BCUT2D eigenvalue weighted by Crippen LogP contribution is 2.41. The molecule has 0 bridgehead atoms. The number of aliphatic hydroxyl groups is 1. The number of pyridine rings is 2. The minimum atomic E-state index is -0.834. The second-order valence-corrected chi connectivity index (χ2v) is 7.11. The van der Waals surface area contributed by atoms with Crippen LogP contribution in [0.25, 0.3) is 5.76 Å². The van der Waals surface area contributed by atoms with Crippen LogP contribution in [0.2, 0.25) is 0 Å². The van der Waals surface area contributed by atoms with Gasteiger partial charge in [0.15, 0.2) is 11.5 Å². The van der Waals surface area contributed by atoms with E-state index < -0.39 is 17.7 Å². The second kappa shape index (κ2) is 7.56. The largest absolute Gasteiger partial charge is 0.507 e. The fourth-order valence-electron chi connectivity index (χ4n) is 3.77. The Bertz CT molecular complexity index is 1190. The van der Waals surface area contributed by atoms with Gasteiger partial charge in [0.2, 0.25) is 6.79 Å². The number of hydrogen-bond donors (Lipinski definition) is 1. The first-order valence-electron chi connectivity index (χ1n) is 9.62. The van der Waals surface area contributed by atoms with Crippen molar-refractivity contribution in [3.8, 4) is 11.5 Å². The summed E-state index contributed by atoms with van der Waals surface area (Å²) in [5.74, 6) is -0.736. The lowest BCUT2D eigenvalue weighted by atomic mass is 9.98. The van der Waals surface area contributed by atoms with E-state index in [0.29, 0.717) is 22.8 Å². The van der Waals surface area contributed by atoms with E-state index in [1.54, 1.807) is 67.1 Å². The van der Waals surface area contributed by atoms with Crippen molar-refractivity contribution in [2.24, 2.45) is 0 Å². The standard InChI is InChI=1S/C23H17N3O5/c27-21(15-4-5-17-18(11-15)31-13-30-17)19-20(16-3-1-2-8-25-16)26(23(29)22(19)28)12-14-6-9-24-10-7-14/h1-11,20,27H,12-13H2/b21-19-. The molecule has 4 heterocycles. The van der Waals surface area contributed by atoms with E-state index >= 15 is 0 Å². The molecule has 1 saturated heterocycles. The molecule has 1 amide bonds. The Morgan fingerprint density at radius 3 is 2.61 bits per heavy atom. The number of Topliss-reactive ketones (excluding diaryl/α,β-unsaturated/α-hetero) is 1. The third-order valence-electron chi connectivity index (χ3n) is 5.26. The number of rotatable bonds is 4. The van der Waals surface area contributed by atoms with Crippen LogP contribution < -0.4 is 9.47 Å². The number of benzene rings is 1. The quantitative estimate of drug-likeness (QED) is 0.397. The van der Waals surface area contributed by atoms with Gasteiger partial charge in [-0.15, -0.1) is 0 Å². The Morgan fingerprint density at radius 1 is 1.03 bits per heavy atom. The van der Waals surface area contributed by atoms with E-state index in [2.05, 4.69) is 9.97 Å². The van der Waals surface area contributed by atoms with Crippen molar-refractivity contribution in [3.63, 3.8) is 0 Å². The Morgan fingerprint density at radius 2 is 1.84 bits per heavy atom.